The van der Waals surface area contributed by atoms with Crippen LogP contribution in [0.2, 0.25) is 0 Å². The zero-order valence-electron chi connectivity index (χ0n) is 7.26. The van der Waals surface area contributed by atoms with E-state index in [0.29, 0.717) is 13.1 Å². The fraction of sp³-hybridized carbons (Fsp3) is 0.222. The van der Waals surface area contributed by atoms with Gasteiger partial charge in [0.2, 0.25) is 0 Å². The predicted molar refractivity (Wildman–Crippen MR) is 62.6 cm³/mol. The molecule has 1 aliphatic rings. The van der Waals surface area contributed by atoms with Crippen molar-refractivity contribution >= 4 is 43.6 Å². The van der Waals surface area contributed by atoms with Gasteiger partial charge in [0, 0.05) is 22.0 Å². The van der Waals surface area contributed by atoms with Gasteiger partial charge in [0.05, 0.1) is 5.69 Å². The van der Waals surface area contributed by atoms with Gasteiger partial charge in [-0.05, 0) is 34.1 Å². The first-order valence-electron chi connectivity index (χ1n) is 4.19. The molecule has 0 atom stereocenters. The highest BCUT2D eigenvalue weighted by molar-refractivity contribution is 9.11. The highest BCUT2D eigenvalue weighted by Crippen LogP contribution is 2.30. The second-order valence-corrected chi connectivity index (χ2v) is 4.75. The number of urea groups is 1. The van der Waals surface area contributed by atoms with Crippen LogP contribution in [0.4, 0.5) is 10.5 Å². The molecule has 0 radical (unpaired) electrons. The van der Waals surface area contributed by atoms with Crippen LogP contribution in [0.3, 0.4) is 0 Å². The third-order valence-corrected chi connectivity index (χ3v) is 3.22. The molecule has 1 saturated heterocycles. The van der Waals surface area contributed by atoms with E-state index < -0.39 is 0 Å². The van der Waals surface area contributed by atoms with Crippen molar-refractivity contribution < 1.29 is 4.79 Å². The number of anilines is 1. The second kappa shape index (κ2) is 3.90. The molecule has 0 unspecified atom stereocenters. The fourth-order valence-corrected chi connectivity index (χ4v) is 2.20. The van der Waals surface area contributed by atoms with Gasteiger partial charge in [-0.25, -0.2) is 4.79 Å². The third-order valence-electron chi connectivity index (χ3n) is 2.06. The number of amides is 2. The van der Waals surface area contributed by atoms with Crippen LogP contribution in [0.1, 0.15) is 0 Å². The number of nitrogens with one attached hydrogen (secondary N) is 1. The van der Waals surface area contributed by atoms with Gasteiger partial charge in [-0.1, -0.05) is 15.9 Å². The van der Waals surface area contributed by atoms with Crippen LogP contribution in [0.5, 0.6) is 0 Å². The highest BCUT2D eigenvalue weighted by atomic mass is 79.9. The molecule has 0 bridgehead atoms. The largest absolute Gasteiger partial charge is 0.336 e. The van der Waals surface area contributed by atoms with E-state index >= 15 is 0 Å². The van der Waals surface area contributed by atoms with E-state index in [9.17, 15) is 4.79 Å². The lowest BCUT2D eigenvalue weighted by Crippen LogP contribution is -2.27. The lowest BCUT2D eigenvalue weighted by molar-refractivity contribution is 0.252. The molecule has 1 heterocycles. The Labute approximate surface area is 98.7 Å². The number of rotatable bonds is 1. The summed E-state index contributed by atoms with van der Waals surface area (Å²) < 4.78 is 1.90. The minimum Gasteiger partial charge on any atom is -0.336 e. The first-order chi connectivity index (χ1) is 6.68. The first kappa shape index (κ1) is 9.98. The monoisotopic (exact) mass is 318 g/mol. The van der Waals surface area contributed by atoms with Crippen molar-refractivity contribution in [1.29, 1.82) is 0 Å². The smallest absolute Gasteiger partial charge is 0.322 e. The van der Waals surface area contributed by atoms with Gasteiger partial charge in [0.1, 0.15) is 0 Å². The normalized spacial score (nSPS) is 15.9. The maximum Gasteiger partial charge on any atom is 0.322 e. The number of benzene rings is 1. The molecule has 0 aliphatic carbocycles. The molecule has 1 aliphatic heterocycles. The predicted octanol–water partition coefficient (Wildman–Crippen LogP) is 2.74. The Balaban J connectivity index is 2.39. The zero-order valence-corrected chi connectivity index (χ0v) is 10.4. The molecule has 1 aromatic rings. The first-order valence-corrected chi connectivity index (χ1v) is 5.77. The fourth-order valence-electron chi connectivity index (χ4n) is 1.39. The Morgan fingerprint density at radius 1 is 1.36 bits per heavy atom. The summed E-state index contributed by atoms with van der Waals surface area (Å²) >= 11 is 6.81. The summed E-state index contributed by atoms with van der Waals surface area (Å²) in [5, 5.41) is 2.77. The van der Waals surface area contributed by atoms with E-state index in [1.807, 2.05) is 18.2 Å². The minimum atomic E-state index is -0.0381. The van der Waals surface area contributed by atoms with E-state index in [4.69, 9.17) is 0 Å². The van der Waals surface area contributed by atoms with Crippen molar-refractivity contribution in [2.45, 2.75) is 0 Å². The summed E-state index contributed by atoms with van der Waals surface area (Å²) in [6.45, 7) is 1.42. The summed E-state index contributed by atoms with van der Waals surface area (Å²) in [5.74, 6) is 0. The number of carbonyl (C=O) groups excluding carboxylic acids is 1. The summed E-state index contributed by atoms with van der Waals surface area (Å²) in [6, 6.07) is 5.74. The quantitative estimate of drug-likeness (QED) is 0.848. The molecule has 0 aromatic heterocycles. The zero-order chi connectivity index (χ0) is 10.1. The Morgan fingerprint density at radius 3 is 2.79 bits per heavy atom. The van der Waals surface area contributed by atoms with E-state index in [2.05, 4.69) is 37.2 Å². The molecule has 5 heteroatoms. The van der Waals surface area contributed by atoms with Crippen LogP contribution in [0.15, 0.2) is 27.1 Å². The van der Waals surface area contributed by atoms with Crippen LogP contribution in [0, 0.1) is 0 Å². The Bertz CT molecular complexity index is 381. The Morgan fingerprint density at radius 2 is 2.14 bits per heavy atom. The van der Waals surface area contributed by atoms with Crippen LogP contribution >= 0.6 is 31.9 Å². The van der Waals surface area contributed by atoms with Gasteiger partial charge >= 0.3 is 6.03 Å². The molecule has 14 heavy (non-hydrogen) atoms. The molecule has 2 rings (SSSR count). The van der Waals surface area contributed by atoms with Gasteiger partial charge in [-0.3, -0.25) is 4.90 Å². The van der Waals surface area contributed by atoms with Gasteiger partial charge in [0.25, 0.3) is 0 Å². The molecule has 1 aromatic carbocycles. The van der Waals surface area contributed by atoms with Gasteiger partial charge in [-0.15, -0.1) is 0 Å². The van der Waals surface area contributed by atoms with Gasteiger partial charge in [-0.2, -0.15) is 0 Å². The van der Waals surface area contributed by atoms with Gasteiger partial charge in [0.15, 0.2) is 0 Å². The van der Waals surface area contributed by atoms with Crippen molar-refractivity contribution in [3.05, 3.63) is 27.1 Å². The van der Waals surface area contributed by atoms with Crippen LogP contribution in [0.25, 0.3) is 0 Å². The van der Waals surface area contributed by atoms with Gasteiger partial charge < -0.3 is 5.32 Å². The molecule has 0 saturated carbocycles. The molecule has 0 spiro atoms. The van der Waals surface area contributed by atoms with Crippen molar-refractivity contribution in [1.82, 2.24) is 5.32 Å². The molecule has 2 amide bonds. The van der Waals surface area contributed by atoms with Crippen molar-refractivity contribution in [2.24, 2.45) is 0 Å². The van der Waals surface area contributed by atoms with Crippen LogP contribution in [-0.2, 0) is 0 Å². The summed E-state index contributed by atoms with van der Waals surface area (Å²) in [5.41, 5.74) is 0.898. The Kier molecular flexibility index (Phi) is 2.78. The number of carbonyl (C=O) groups is 1. The van der Waals surface area contributed by atoms with E-state index in [1.54, 1.807) is 4.90 Å². The van der Waals surface area contributed by atoms with E-state index in [-0.39, 0.29) is 6.03 Å². The lowest BCUT2D eigenvalue weighted by atomic mass is 10.3. The van der Waals surface area contributed by atoms with E-state index in [1.165, 1.54) is 0 Å². The molecule has 1 fully saturated rings. The number of nitrogens with zero attached hydrogens (tertiary/aromatic N) is 1. The highest BCUT2D eigenvalue weighted by Gasteiger charge is 2.22. The van der Waals surface area contributed by atoms with Crippen molar-refractivity contribution in [2.75, 3.05) is 18.0 Å². The standard InChI is InChI=1S/C9H8Br2N2O/c10-6-1-2-7(11)8(5-6)13-4-3-12-9(13)14/h1-2,5H,3-4H2,(H,12,14). The Hall–Kier alpha value is -0.550. The SMILES string of the molecule is O=C1NCCN1c1cc(Br)ccc1Br. The van der Waals surface area contributed by atoms with E-state index in [0.717, 1.165) is 14.6 Å². The average molecular weight is 320 g/mol. The molecular formula is C9H8Br2N2O. The maximum atomic E-state index is 11.4. The number of halogens is 2. The number of hydrogen-bond acceptors (Lipinski definition) is 1. The molecule has 1 N–H and O–H groups in total. The summed E-state index contributed by atoms with van der Waals surface area (Å²) in [7, 11) is 0. The average Bonchev–Trinajstić information content (AvgIpc) is 2.56. The maximum absolute atomic E-state index is 11.4. The minimum absolute atomic E-state index is 0.0381. The molecule has 3 nitrogen and oxygen atoms in total. The van der Waals surface area contributed by atoms with Crippen LogP contribution in [-0.4, -0.2) is 19.1 Å². The summed E-state index contributed by atoms with van der Waals surface area (Å²) in [4.78, 5) is 13.1. The molecule has 74 valence electrons. The third kappa shape index (κ3) is 1.79. The topological polar surface area (TPSA) is 32.3 Å². The lowest BCUT2D eigenvalue weighted by Gasteiger charge is -2.16. The van der Waals surface area contributed by atoms with Crippen molar-refractivity contribution in [3.63, 3.8) is 0 Å². The summed E-state index contributed by atoms with van der Waals surface area (Å²) in [6.07, 6.45) is 0. The molecular weight excluding hydrogens is 312 g/mol. The second-order valence-electron chi connectivity index (χ2n) is 2.98. The van der Waals surface area contributed by atoms with Crippen molar-refractivity contribution in [3.8, 4) is 0 Å². The number of hydrogen-bond donors (Lipinski definition) is 1. The van der Waals surface area contributed by atoms with Crippen LogP contribution < -0.4 is 10.2 Å².